The fraction of sp³-hybridized carbons (Fsp3) is 0.571. The molecule has 1 aliphatic heterocycles. The molecule has 1 aromatic carbocycles. The molecular formula is C14H21FN2O3S. The maximum absolute atomic E-state index is 13.7. The zero-order valence-electron chi connectivity index (χ0n) is 12.3. The van der Waals surface area contributed by atoms with Gasteiger partial charge in [0.1, 0.15) is 0 Å². The van der Waals surface area contributed by atoms with E-state index in [-0.39, 0.29) is 10.6 Å². The van der Waals surface area contributed by atoms with E-state index in [0.717, 1.165) is 25.5 Å². The van der Waals surface area contributed by atoms with Gasteiger partial charge in [0.2, 0.25) is 10.0 Å². The molecule has 1 heterocycles. The van der Waals surface area contributed by atoms with E-state index in [1.54, 1.807) is 0 Å². The third-order valence-corrected chi connectivity index (χ3v) is 5.60. The van der Waals surface area contributed by atoms with Gasteiger partial charge in [0.05, 0.1) is 12.0 Å². The Balaban J connectivity index is 2.23. The first-order chi connectivity index (χ1) is 9.98. The van der Waals surface area contributed by atoms with Crippen LogP contribution in [0.1, 0.15) is 12.8 Å². The van der Waals surface area contributed by atoms with Gasteiger partial charge in [-0.15, -0.1) is 0 Å². The maximum Gasteiger partial charge on any atom is 0.243 e. The van der Waals surface area contributed by atoms with Crippen LogP contribution < -0.4 is 10.1 Å². The Bertz CT molecular complexity index is 590. The highest BCUT2D eigenvalue weighted by Gasteiger charge is 2.30. The minimum Gasteiger partial charge on any atom is -0.494 e. The highest BCUT2D eigenvalue weighted by Crippen LogP contribution is 2.26. The summed E-state index contributed by atoms with van der Waals surface area (Å²) in [5, 5.41) is 3.08. The first kappa shape index (κ1) is 16.2. The van der Waals surface area contributed by atoms with Crippen molar-refractivity contribution >= 4 is 10.0 Å². The molecule has 0 bridgehead atoms. The smallest absolute Gasteiger partial charge is 0.243 e. The lowest BCUT2D eigenvalue weighted by molar-refractivity contribution is 0.263. The lowest BCUT2D eigenvalue weighted by Crippen LogP contribution is -2.42. The van der Waals surface area contributed by atoms with Crippen LogP contribution in [-0.2, 0) is 10.0 Å². The molecule has 0 spiro atoms. The number of benzene rings is 1. The molecule has 0 saturated carbocycles. The number of piperidine rings is 1. The van der Waals surface area contributed by atoms with Crippen LogP contribution in [-0.4, -0.2) is 46.5 Å². The summed E-state index contributed by atoms with van der Waals surface area (Å²) in [4.78, 5) is -0.0223. The Labute approximate surface area is 125 Å². The largest absolute Gasteiger partial charge is 0.494 e. The Hall–Kier alpha value is -1.18. The average molecular weight is 316 g/mol. The van der Waals surface area contributed by atoms with Crippen molar-refractivity contribution < 1.29 is 17.5 Å². The maximum atomic E-state index is 13.7. The highest BCUT2D eigenvalue weighted by atomic mass is 32.2. The number of rotatable bonds is 5. The molecular weight excluding hydrogens is 295 g/mol. The average Bonchev–Trinajstić information content (AvgIpc) is 2.48. The predicted octanol–water partition coefficient (Wildman–Crippen LogP) is 1.45. The summed E-state index contributed by atoms with van der Waals surface area (Å²) in [7, 11) is -0.450. The number of halogens is 1. The second-order valence-electron chi connectivity index (χ2n) is 5.23. The number of sulfonamides is 1. The van der Waals surface area contributed by atoms with Crippen molar-refractivity contribution in [2.45, 2.75) is 17.7 Å². The summed E-state index contributed by atoms with van der Waals surface area (Å²) < 4.78 is 45.2. The number of hydrogen-bond acceptors (Lipinski definition) is 4. The molecule has 118 valence electrons. The van der Waals surface area contributed by atoms with E-state index < -0.39 is 15.8 Å². The molecule has 2 rings (SSSR count). The van der Waals surface area contributed by atoms with Crippen molar-refractivity contribution in [1.29, 1.82) is 0 Å². The summed E-state index contributed by atoms with van der Waals surface area (Å²) in [6.07, 6.45) is 1.83. The highest BCUT2D eigenvalue weighted by molar-refractivity contribution is 7.89. The molecule has 1 aromatic rings. The van der Waals surface area contributed by atoms with Gasteiger partial charge in [-0.2, -0.15) is 4.31 Å². The van der Waals surface area contributed by atoms with E-state index >= 15 is 0 Å². The van der Waals surface area contributed by atoms with E-state index in [1.165, 1.54) is 23.5 Å². The monoisotopic (exact) mass is 316 g/mol. The second-order valence-corrected chi connectivity index (χ2v) is 7.16. The van der Waals surface area contributed by atoms with Crippen LogP contribution in [0.3, 0.4) is 0 Å². The predicted molar refractivity (Wildman–Crippen MR) is 78.4 cm³/mol. The zero-order valence-corrected chi connectivity index (χ0v) is 13.1. The number of ether oxygens (including phenoxy) is 1. The van der Waals surface area contributed by atoms with E-state index in [9.17, 15) is 12.8 Å². The van der Waals surface area contributed by atoms with Crippen LogP contribution in [0.4, 0.5) is 4.39 Å². The fourth-order valence-electron chi connectivity index (χ4n) is 2.66. The summed E-state index contributed by atoms with van der Waals surface area (Å²) >= 11 is 0. The molecule has 5 nitrogen and oxygen atoms in total. The fourth-order valence-corrected chi connectivity index (χ4v) is 4.22. The lowest BCUT2D eigenvalue weighted by atomic mass is 10.00. The number of nitrogens with zero attached hydrogens (tertiary/aromatic N) is 1. The Morgan fingerprint density at radius 3 is 2.86 bits per heavy atom. The molecule has 0 aromatic heterocycles. The molecule has 0 aliphatic carbocycles. The molecule has 1 aliphatic rings. The van der Waals surface area contributed by atoms with Crippen molar-refractivity contribution in [2.24, 2.45) is 5.92 Å². The molecule has 1 atom stereocenters. The standard InChI is InChI=1S/C14H21FN2O3S/c1-16-9-11-4-3-7-17(10-11)21(18,19)12-5-6-14(20-2)13(15)8-12/h5-6,8,11,16H,3-4,7,9-10H2,1-2H3. The lowest BCUT2D eigenvalue weighted by Gasteiger charge is -2.31. The SMILES string of the molecule is CNCC1CCCN(S(=O)(=O)c2ccc(OC)c(F)c2)C1. The topological polar surface area (TPSA) is 58.6 Å². The Morgan fingerprint density at radius 2 is 2.24 bits per heavy atom. The number of methoxy groups -OCH3 is 1. The molecule has 21 heavy (non-hydrogen) atoms. The summed E-state index contributed by atoms with van der Waals surface area (Å²) in [5.41, 5.74) is 0. The molecule has 0 amide bonds. The number of nitrogens with one attached hydrogen (secondary N) is 1. The van der Waals surface area contributed by atoms with E-state index in [2.05, 4.69) is 5.32 Å². The minimum atomic E-state index is -3.65. The van der Waals surface area contributed by atoms with Crippen molar-refractivity contribution in [1.82, 2.24) is 9.62 Å². The summed E-state index contributed by atoms with van der Waals surface area (Å²) in [6, 6.07) is 3.76. The van der Waals surface area contributed by atoms with Crippen LogP contribution in [0.2, 0.25) is 0 Å². The van der Waals surface area contributed by atoms with Crippen LogP contribution in [0.15, 0.2) is 23.1 Å². The first-order valence-electron chi connectivity index (χ1n) is 6.97. The van der Waals surface area contributed by atoms with Crippen LogP contribution in [0, 0.1) is 11.7 Å². The summed E-state index contributed by atoms with van der Waals surface area (Å²) in [5.74, 6) is -0.329. The van der Waals surface area contributed by atoms with Gasteiger partial charge in [0, 0.05) is 13.1 Å². The molecule has 1 saturated heterocycles. The van der Waals surface area contributed by atoms with Gasteiger partial charge < -0.3 is 10.1 Å². The second kappa shape index (κ2) is 6.72. The third-order valence-electron chi connectivity index (χ3n) is 3.74. The zero-order chi connectivity index (χ0) is 15.5. The van der Waals surface area contributed by atoms with Gasteiger partial charge >= 0.3 is 0 Å². The van der Waals surface area contributed by atoms with Crippen molar-refractivity contribution in [3.05, 3.63) is 24.0 Å². The van der Waals surface area contributed by atoms with Crippen LogP contribution in [0.5, 0.6) is 5.75 Å². The molecule has 7 heteroatoms. The third kappa shape index (κ3) is 3.53. The van der Waals surface area contributed by atoms with Crippen LogP contribution >= 0.6 is 0 Å². The molecule has 1 fully saturated rings. The van der Waals surface area contributed by atoms with Gasteiger partial charge in [0.25, 0.3) is 0 Å². The molecule has 1 N–H and O–H groups in total. The van der Waals surface area contributed by atoms with Gasteiger partial charge in [-0.05, 0) is 50.6 Å². The minimum absolute atomic E-state index is 0.0223. The first-order valence-corrected chi connectivity index (χ1v) is 8.41. The number of hydrogen-bond donors (Lipinski definition) is 1. The Morgan fingerprint density at radius 1 is 1.48 bits per heavy atom. The van der Waals surface area contributed by atoms with Gasteiger partial charge in [-0.3, -0.25) is 0 Å². The molecule has 1 unspecified atom stereocenters. The van der Waals surface area contributed by atoms with E-state index in [1.807, 2.05) is 7.05 Å². The van der Waals surface area contributed by atoms with Gasteiger partial charge in [-0.1, -0.05) is 0 Å². The van der Waals surface area contributed by atoms with Gasteiger partial charge in [-0.25, -0.2) is 12.8 Å². The normalized spacial score (nSPS) is 20.4. The quantitative estimate of drug-likeness (QED) is 0.893. The van der Waals surface area contributed by atoms with Crippen molar-refractivity contribution in [3.8, 4) is 5.75 Å². The summed E-state index contributed by atoms with van der Waals surface area (Å²) in [6.45, 7) is 1.73. The van der Waals surface area contributed by atoms with E-state index in [4.69, 9.17) is 4.74 Å². The van der Waals surface area contributed by atoms with Crippen molar-refractivity contribution in [2.75, 3.05) is 33.8 Å². The van der Waals surface area contributed by atoms with Crippen molar-refractivity contribution in [3.63, 3.8) is 0 Å². The molecule has 0 radical (unpaired) electrons. The van der Waals surface area contributed by atoms with Crippen LogP contribution in [0.25, 0.3) is 0 Å². The Kier molecular flexibility index (Phi) is 5.18. The van der Waals surface area contributed by atoms with Gasteiger partial charge in [0.15, 0.2) is 11.6 Å². The van der Waals surface area contributed by atoms with E-state index in [0.29, 0.717) is 19.0 Å².